The highest BCUT2D eigenvalue weighted by molar-refractivity contribution is 6.02. The van der Waals surface area contributed by atoms with Crippen molar-refractivity contribution in [2.75, 3.05) is 32.7 Å². The van der Waals surface area contributed by atoms with Crippen LogP contribution in [0.4, 0.5) is 0 Å². The minimum atomic E-state index is -1.70. The number of carboxylic acid groups (broad SMARTS) is 1. The number of nitrogens with one attached hydrogen (secondary N) is 20. The van der Waals surface area contributed by atoms with Crippen LogP contribution in [0.5, 0.6) is 0 Å². The minimum absolute atomic E-state index is 0.00344. The first-order valence-corrected chi connectivity index (χ1v) is 47.5. The summed E-state index contributed by atoms with van der Waals surface area (Å²) in [6.07, 6.45) is 4.08. The lowest BCUT2D eigenvalue weighted by molar-refractivity contribution is -0.143. The van der Waals surface area contributed by atoms with Crippen molar-refractivity contribution in [3.63, 3.8) is 0 Å². The molecular formula is C92H153N25O21. The molecule has 2 heterocycles. The molecule has 1 aromatic carbocycles. The Kier molecular flexibility index (Phi) is 51.8. The van der Waals surface area contributed by atoms with Gasteiger partial charge in [0.05, 0.1) is 38.4 Å². The quantitative estimate of drug-likeness (QED) is 0.0177. The van der Waals surface area contributed by atoms with Crippen molar-refractivity contribution in [1.29, 1.82) is 5.41 Å². The molecule has 20 atom stereocenters. The third-order valence-corrected chi connectivity index (χ3v) is 23.7. The Hall–Kier alpha value is -12.9. The average Bonchev–Trinajstić information content (AvgIpc) is 1.07. The van der Waals surface area contributed by atoms with Crippen LogP contribution in [0.15, 0.2) is 42.9 Å². The molecule has 0 bridgehead atoms. The smallest absolute Gasteiger partial charge is 0.326 e. The standard InChI is InChI=1S/C92H153N25O21/c1-20-50(13)72(115-79(125)59(93)38-57-29-25-24-26-30-57)85(131)101-42-68(119)103-55(18)77(123)114-74(52(15)22-3)89(135)111-65(37-48(9)10)90(136)117-34-28-32-66(117)84(130)104-56(19)78(124)113-73(51(14)21-2)87(133)105-54(17)76(122)99-43-69(120)106-61(35-46(5)6)82(128)112-71(49(11)12)86(132)109-63(39-58-41-97-45-102-58)80(126)100-44-70(121)107-62(36-47(7)8)83(129)116-75(53(16)23-4)88(134)110-64(40-67(94)118)81(127)108-60(91(137)138)31-27-33-98-92(95)96/h24-26,29-30,41,45-56,59-66,71-75H,20-23,27-28,31-40,42-44,93H2,1-19H3,(H2,94,118)(H,97,102)(H,99,122)(H,100,126)(H,101,131)(H,103,119)(H,104,130)(H,105,133)(H,106,120)(H,107,121)(H,108,127)(H,109,132)(H,110,134)(H,111,135)(H,112,128)(H,113,124)(H,114,123)(H,115,125)(H,116,129)(H,137,138)(H4,95,96,98)/t50-,51-,52-,53-,54-,55-,56-,59-,60-,61-,62-,63-,64-,65-,66-,71-,72-,73-,74-,75-/m0/s1. The number of carbonyl (C=O) groups is 20. The average molecular weight is 1950 g/mol. The molecule has 0 unspecified atom stereocenters. The van der Waals surface area contributed by atoms with Gasteiger partial charge >= 0.3 is 5.97 Å². The van der Waals surface area contributed by atoms with Crippen LogP contribution in [0.2, 0.25) is 0 Å². The molecule has 0 aliphatic carbocycles. The summed E-state index contributed by atoms with van der Waals surface area (Å²) < 4.78 is 0. The second-order valence-corrected chi connectivity index (χ2v) is 37.3. The van der Waals surface area contributed by atoms with Gasteiger partial charge in [0.1, 0.15) is 90.6 Å². The molecule has 138 heavy (non-hydrogen) atoms. The van der Waals surface area contributed by atoms with Crippen LogP contribution in [0.3, 0.4) is 0 Å². The van der Waals surface area contributed by atoms with E-state index >= 15 is 0 Å². The Morgan fingerprint density at radius 3 is 1.30 bits per heavy atom. The number of amides is 19. The van der Waals surface area contributed by atoms with E-state index in [2.05, 4.69) is 106 Å². The number of H-pyrrole nitrogens is 1. The molecule has 0 spiro atoms. The normalized spacial score (nSPS) is 16.5. The number of aliphatic carboxylic acids is 1. The lowest BCUT2D eigenvalue weighted by Gasteiger charge is -2.32. The van der Waals surface area contributed by atoms with Gasteiger partial charge < -0.3 is 128 Å². The summed E-state index contributed by atoms with van der Waals surface area (Å²) in [6.45, 7) is 29.9. The van der Waals surface area contributed by atoms with E-state index in [9.17, 15) is 101 Å². The van der Waals surface area contributed by atoms with Gasteiger partial charge in [0.15, 0.2) is 5.96 Å². The predicted octanol–water partition coefficient (Wildman–Crippen LogP) is -3.09. The number of imidazole rings is 1. The largest absolute Gasteiger partial charge is 0.480 e. The lowest BCUT2D eigenvalue weighted by Crippen LogP contribution is -2.60. The number of hydrogen-bond donors (Lipinski definition) is 24. The third-order valence-electron chi connectivity index (χ3n) is 23.7. The van der Waals surface area contributed by atoms with Crippen molar-refractivity contribution in [2.24, 2.45) is 64.5 Å². The number of rotatable bonds is 61. The summed E-state index contributed by atoms with van der Waals surface area (Å²) in [5.41, 5.74) is 18.1. The van der Waals surface area contributed by atoms with Crippen LogP contribution in [0.1, 0.15) is 220 Å². The summed E-state index contributed by atoms with van der Waals surface area (Å²) >= 11 is 0. The van der Waals surface area contributed by atoms with Crippen molar-refractivity contribution in [3.8, 4) is 0 Å². The highest BCUT2D eigenvalue weighted by Gasteiger charge is 2.43. The molecule has 772 valence electrons. The van der Waals surface area contributed by atoms with Crippen molar-refractivity contribution in [3.05, 3.63) is 54.1 Å². The van der Waals surface area contributed by atoms with Gasteiger partial charge in [0.2, 0.25) is 112 Å². The zero-order chi connectivity index (χ0) is 104. The van der Waals surface area contributed by atoms with Gasteiger partial charge in [-0.2, -0.15) is 0 Å². The van der Waals surface area contributed by atoms with Crippen LogP contribution in [0.25, 0.3) is 0 Å². The molecule has 27 N–H and O–H groups in total. The van der Waals surface area contributed by atoms with Gasteiger partial charge in [-0.3, -0.25) is 96.5 Å². The molecule has 2 aromatic rings. The molecule has 1 fully saturated rings. The maximum absolute atomic E-state index is 14.7. The molecule has 0 saturated carbocycles. The molecule has 46 heteroatoms. The summed E-state index contributed by atoms with van der Waals surface area (Å²) in [6, 6.07) is -11.7. The second kappa shape index (κ2) is 59.9. The fourth-order valence-electron chi connectivity index (χ4n) is 14.8. The number of aromatic nitrogens is 2. The van der Waals surface area contributed by atoms with Crippen LogP contribution in [-0.4, -0.2) is 274 Å². The molecular weight excluding hydrogens is 1790 g/mol. The lowest BCUT2D eigenvalue weighted by atomic mass is 9.96. The topological polar surface area (TPSA) is 712 Å². The van der Waals surface area contributed by atoms with E-state index in [1.165, 1.54) is 38.2 Å². The van der Waals surface area contributed by atoms with Crippen LogP contribution in [0, 0.1) is 52.8 Å². The van der Waals surface area contributed by atoms with E-state index in [0.717, 1.165) is 5.56 Å². The molecule has 1 aromatic heterocycles. The van der Waals surface area contributed by atoms with Crippen molar-refractivity contribution < 1.29 is 101 Å². The number of hydrogen-bond acceptors (Lipinski definition) is 23. The highest BCUT2D eigenvalue weighted by atomic mass is 16.4. The monoisotopic (exact) mass is 1940 g/mol. The zero-order valence-electron chi connectivity index (χ0n) is 83.1. The second-order valence-electron chi connectivity index (χ2n) is 37.3. The predicted molar refractivity (Wildman–Crippen MR) is 510 cm³/mol. The van der Waals surface area contributed by atoms with E-state index < -0.39 is 265 Å². The van der Waals surface area contributed by atoms with E-state index in [-0.39, 0.29) is 101 Å². The number of nitrogens with zero attached hydrogens (tertiary/aromatic N) is 2. The van der Waals surface area contributed by atoms with Crippen molar-refractivity contribution in [2.45, 2.75) is 318 Å². The molecule has 19 amide bonds. The number of likely N-dealkylation sites (tertiary alicyclic amines) is 1. The Morgan fingerprint density at radius 1 is 0.435 bits per heavy atom. The summed E-state index contributed by atoms with van der Waals surface area (Å²) in [7, 11) is 0. The third kappa shape index (κ3) is 41.6. The van der Waals surface area contributed by atoms with Gasteiger partial charge in [0.25, 0.3) is 0 Å². The maximum Gasteiger partial charge on any atom is 0.326 e. The summed E-state index contributed by atoms with van der Waals surface area (Å²) in [5.74, 6) is -20.7. The number of primary amides is 1. The van der Waals surface area contributed by atoms with Gasteiger partial charge in [-0.25, -0.2) is 9.78 Å². The molecule has 1 aliphatic rings. The Labute approximate surface area is 807 Å². The molecule has 0 radical (unpaired) electrons. The highest BCUT2D eigenvalue weighted by Crippen LogP contribution is 2.23. The zero-order valence-corrected chi connectivity index (χ0v) is 83.1. The number of carboxylic acids is 1. The minimum Gasteiger partial charge on any atom is -0.480 e. The maximum atomic E-state index is 14.7. The van der Waals surface area contributed by atoms with Crippen molar-refractivity contribution in [1.82, 2.24) is 111 Å². The Balaban J connectivity index is 1.67. The summed E-state index contributed by atoms with van der Waals surface area (Å²) in [4.78, 5) is 283. The molecule has 1 saturated heterocycles. The number of guanidine groups is 1. The Bertz CT molecular complexity index is 4440. The Morgan fingerprint density at radius 2 is 0.841 bits per heavy atom. The fraction of sp³-hybridized carbons (Fsp3) is 0.674. The molecule has 46 nitrogen and oxygen atoms in total. The number of nitrogens with two attached hydrogens (primary N) is 3. The van der Waals surface area contributed by atoms with Crippen LogP contribution >= 0.6 is 0 Å². The first-order chi connectivity index (χ1) is 64.8. The van der Waals surface area contributed by atoms with E-state index in [4.69, 9.17) is 22.6 Å². The van der Waals surface area contributed by atoms with E-state index in [0.29, 0.717) is 31.4 Å². The molecule has 1 aliphatic heterocycles. The van der Waals surface area contributed by atoms with Crippen LogP contribution < -0.4 is 113 Å². The SMILES string of the molecule is CC[C@H](C)[C@H](NC(=O)[C@H](C)NC(=O)[C@@H]1CCCN1C(=O)[C@H](CC(C)C)NC(=O)[C@@H](NC(=O)[C@H](C)NC(=O)CNC(=O)[C@@H](NC(=O)[C@@H](N)Cc1ccccc1)[C@@H](C)CC)[C@@H](C)CC)C(=O)N[C@@H](C)C(=O)NCC(=O)N[C@@H](CC(C)C)C(=O)N[C@H](C(=O)N[C@@H](Cc1cnc[nH]1)C(=O)NCC(=O)N[C@@H](CC(C)C)C(=O)N[C@H](C(=O)N[C@@H](CC(N)=O)C(=O)N[C@@H](CCCNC(=N)N)C(=O)O)[C@@H](C)CC)C(C)C. The first-order valence-electron chi connectivity index (χ1n) is 47.5. The first kappa shape index (κ1) is 119. The van der Waals surface area contributed by atoms with Gasteiger partial charge in [0, 0.05) is 31.4 Å². The van der Waals surface area contributed by atoms with Gasteiger partial charge in [-0.1, -0.05) is 167 Å². The van der Waals surface area contributed by atoms with Gasteiger partial charge in [-0.15, -0.1) is 0 Å². The number of benzene rings is 1. The molecule has 3 rings (SSSR count). The van der Waals surface area contributed by atoms with E-state index in [1.807, 2.05) is 51.1 Å². The van der Waals surface area contributed by atoms with Gasteiger partial charge in [-0.05, 0) is 125 Å². The van der Waals surface area contributed by atoms with E-state index in [1.54, 1.807) is 90.0 Å². The fourth-order valence-corrected chi connectivity index (χ4v) is 14.8. The van der Waals surface area contributed by atoms with Crippen molar-refractivity contribution >= 4 is 124 Å². The summed E-state index contributed by atoms with van der Waals surface area (Å²) in [5, 5.41) is 63.5. The van der Waals surface area contributed by atoms with Crippen LogP contribution in [-0.2, 0) is 109 Å². The number of carbonyl (C=O) groups excluding carboxylic acids is 19. The number of aromatic amines is 1.